The van der Waals surface area contributed by atoms with Gasteiger partial charge in [-0.2, -0.15) is 0 Å². The fraction of sp³-hybridized carbons (Fsp3) is 0.625. The van der Waals surface area contributed by atoms with Crippen molar-refractivity contribution < 1.29 is 4.43 Å². The van der Waals surface area contributed by atoms with Crippen LogP contribution in [0.3, 0.4) is 0 Å². The van der Waals surface area contributed by atoms with Crippen LogP contribution in [0, 0.1) is 5.92 Å². The summed E-state index contributed by atoms with van der Waals surface area (Å²) < 4.78 is 7.48. The van der Waals surface area contributed by atoms with E-state index in [4.69, 9.17) is 16.0 Å². The highest BCUT2D eigenvalue weighted by Gasteiger charge is 2.28. The Labute approximate surface area is 138 Å². The third kappa shape index (κ3) is 5.51. The first-order valence-electron chi connectivity index (χ1n) is 7.06. The third-order valence-electron chi connectivity index (χ3n) is 3.56. The fourth-order valence-corrected chi connectivity index (χ4v) is 3.73. The van der Waals surface area contributed by atoms with Gasteiger partial charge in [0, 0.05) is 9.50 Å². The van der Waals surface area contributed by atoms with Crippen molar-refractivity contribution in [3.63, 3.8) is 0 Å². The van der Waals surface area contributed by atoms with Crippen molar-refractivity contribution in [3.8, 4) is 0 Å². The Morgan fingerprint density at radius 2 is 1.90 bits per heavy atom. The van der Waals surface area contributed by atoms with E-state index in [2.05, 4.69) is 63.2 Å². The van der Waals surface area contributed by atoms with E-state index in [-0.39, 0.29) is 11.1 Å². The number of rotatable bonds is 5. The molecule has 0 aliphatic heterocycles. The summed E-state index contributed by atoms with van der Waals surface area (Å²) in [5.74, 6) is 0.500. The number of halogens is 2. The highest BCUT2D eigenvalue weighted by atomic mass is 79.9. The molecule has 0 N–H and O–H groups in total. The van der Waals surface area contributed by atoms with Gasteiger partial charge in [-0.05, 0) is 41.6 Å². The van der Waals surface area contributed by atoms with Crippen molar-refractivity contribution in [2.75, 3.05) is 0 Å². The molecule has 0 saturated heterocycles. The van der Waals surface area contributed by atoms with Gasteiger partial charge in [0.2, 0.25) is 9.04 Å². The first-order valence-corrected chi connectivity index (χ1v) is 10.1. The minimum atomic E-state index is -0.830. The molecule has 4 heteroatoms. The lowest BCUT2D eigenvalue weighted by atomic mass is 9.99. The zero-order valence-corrected chi connectivity index (χ0v) is 16.6. The Kier molecular flexibility index (Phi) is 6.77. The number of benzene rings is 1. The summed E-state index contributed by atoms with van der Waals surface area (Å²) in [6.07, 6.45) is 1.18. The second-order valence-corrected chi connectivity index (χ2v) is 10.8. The van der Waals surface area contributed by atoms with Crippen molar-refractivity contribution in [2.24, 2.45) is 5.92 Å². The van der Waals surface area contributed by atoms with Gasteiger partial charge in [-0.1, -0.05) is 68.2 Å². The van der Waals surface area contributed by atoms with Gasteiger partial charge in [-0.15, -0.1) is 0 Å². The summed E-state index contributed by atoms with van der Waals surface area (Å²) in [5.41, 5.74) is 1.26. The monoisotopic (exact) mass is 375 g/mol. The molecular weight excluding hydrogens is 352 g/mol. The Balaban J connectivity index is 2.82. The molecular formula is C16H25BrClOSi. The maximum Gasteiger partial charge on any atom is 0.214 e. The van der Waals surface area contributed by atoms with Crippen LogP contribution in [-0.2, 0) is 10.8 Å². The van der Waals surface area contributed by atoms with E-state index in [1.54, 1.807) is 0 Å². The van der Waals surface area contributed by atoms with Crippen LogP contribution in [0.5, 0.6) is 0 Å². The summed E-state index contributed by atoms with van der Waals surface area (Å²) in [4.78, 5) is 0. The number of hydrogen-bond donors (Lipinski definition) is 0. The van der Waals surface area contributed by atoms with Gasteiger partial charge in [-0.25, -0.2) is 0 Å². The lowest BCUT2D eigenvalue weighted by Crippen LogP contribution is -2.35. The molecule has 0 aliphatic carbocycles. The summed E-state index contributed by atoms with van der Waals surface area (Å²) in [6, 6.07) is 5.99. The molecule has 1 rings (SSSR count). The molecule has 1 unspecified atom stereocenters. The summed E-state index contributed by atoms with van der Waals surface area (Å²) in [5, 5.41) is 1.02. The van der Waals surface area contributed by atoms with Crippen LogP contribution in [0.2, 0.25) is 16.6 Å². The predicted octanol–water partition coefficient (Wildman–Crippen LogP) is 6.11. The standard InChI is InChI=1S/C16H25BrClOSi/c1-11(2)15(19-20(6)16(3,4)5)9-12-7-8-13(18)10-14(12)17/h7-8,10-11,15H,9H2,1-6H3. The Morgan fingerprint density at radius 1 is 1.30 bits per heavy atom. The number of hydrogen-bond acceptors (Lipinski definition) is 1. The highest BCUT2D eigenvalue weighted by molar-refractivity contribution is 9.10. The normalized spacial score (nSPS) is 14.1. The van der Waals surface area contributed by atoms with Gasteiger partial charge >= 0.3 is 0 Å². The van der Waals surface area contributed by atoms with Crippen LogP contribution in [0.15, 0.2) is 22.7 Å². The van der Waals surface area contributed by atoms with Gasteiger partial charge in [0.05, 0.1) is 6.10 Å². The average Bonchev–Trinajstić information content (AvgIpc) is 2.29. The molecule has 0 saturated carbocycles. The van der Waals surface area contributed by atoms with Gasteiger partial charge in [-0.3, -0.25) is 0 Å². The van der Waals surface area contributed by atoms with Crippen molar-refractivity contribution in [1.82, 2.24) is 0 Å². The smallest absolute Gasteiger partial charge is 0.214 e. The van der Waals surface area contributed by atoms with Gasteiger partial charge in [0.25, 0.3) is 0 Å². The molecule has 1 radical (unpaired) electrons. The van der Waals surface area contributed by atoms with Gasteiger partial charge < -0.3 is 4.43 Å². The SMILES string of the molecule is CC(C)C(Cc1ccc(Cl)cc1Br)O[Si](C)C(C)(C)C. The predicted molar refractivity (Wildman–Crippen MR) is 93.9 cm³/mol. The zero-order valence-electron chi connectivity index (χ0n) is 13.3. The summed E-state index contributed by atoms with van der Waals surface area (Å²) in [7, 11) is -0.830. The molecule has 113 valence electrons. The van der Waals surface area contributed by atoms with E-state index in [1.807, 2.05) is 12.1 Å². The minimum Gasteiger partial charge on any atom is -0.413 e. The van der Waals surface area contributed by atoms with Crippen molar-refractivity contribution in [3.05, 3.63) is 33.3 Å². The lowest BCUT2D eigenvalue weighted by molar-refractivity contribution is 0.144. The first kappa shape index (κ1) is 18.2. The topological polar surface area (TPSA) is 9.23 Å². The molecule has 1 atom stereocenters. The molecule has 0 fully saturated rings. The van der Waals surface area contributed by atoms with Crippen LogP contribution in [-0.4, -0.2) is 15.1 Å². The van der Waals surface area contributed by atoms with Crippen LogP contribution in [0.25, 0.3) is 0 Å². The largest absolute Gasteiger partial charge is 0.413 e. The Morgan fingerprint density at radius 3 is 2.35 bits per heavy atom. The molecule has 1 aromatic carbocycles. The third-order valence-corrected chi connectivity index (χ3v) is 7.31. The minimum absolute atomic E-state index is 0.255. The molecule has 0 bridgehead atoms. The van der Waals surface area contributed by atoms with Gasteiger partial charge in [0.1, 0.15) is 0 Å². The zero-order chi connectivity index (χ0) is 15.5. The van der Waals surface area contributed by atoms with E-state index >= 15 is 0 Å². The molecule has 0 aliphatic rings. The molecule has 0 spiro atoms. The first-order chi connectivity index (χ1) is 9.11. The molecule has 1 nitrogen and oxygen atoms in total. The van der Waals surface area contributed by atoms with Crippen molar-refractivity contribution >= 4 is 36.6 Å². The molecule has 0 amide bonds. The molecule has 0 aromatic heterocycles. The summed E-state index contributed by atoms with van der Waals surface area (Å²) >= 11 is 9.60. The highest BCUT2D eigenvalue weighted by Crippen LogP contribution is 2.31. The molecule has 0 heterocycles. The lowest BCUT2D eigenvalue weighted by Gasteiger charge is -2.31. The Hall–Kier alpha value is 0.167. The van der Waals surface area contributed by atoms with E-state index in [0.717, 1.165) is 15.9 Å². The molecule has 20 heavy (non-hydrogen) atoms. The maximum absolute atomic E-state index is 6.41. The second kappa shape index (κ2) is 7.44. The van der Waals surface area contributed by atoms with Crippen molar-refractivity contribution in [2.45, 2.75) is 58.7 Å². The molecule has 1 aromatic rings. The van der Waals surface area contributed by atoms with Gasteiger partial charge in [0.15, 0.2) is 0 Å². The second-order valence-electron chi connectivity index (χ2n) is 6.65. The van der Waals surface area contributed by atoms with Crippen LogP contribution in [0.4, 0.5) is 0 Å². The van der Waals surface area contributed by atoms with E-state index in [0.29, 0.717) is 5.92 Å². The van der Waals surface area contributed by atoms with Crippen LogP contribution in [0.1, 0.15) is 40.2 Å². The maximum atomic E-state index is 6.41. The fourth-order valence-electron chi connectivity index (χ4n) is 1.72. The van der Waals surface area contributed by atoms with Crippen LogP contribution < -0.4 is 0 Å². The summed E-state index contributed by atoms with van der Waals surface area (Å²) in [6.45, 7) is 13.5. The van der Waals surface area contributed by atoms with E-state index < -0.39 is 9.04 Å². The quantitative estimate of drug-likeness (QED) is 0.563. The average molecular weight is 377 g/mol. The van der Waals surface area contributed by atoms with E-state index in [9.17, 15) is 0 Å². The van der Waals surface area contributed by atoms with Crippen LogP contribution >= 0.6 is 27.5 Å². The van der Waals surface area contributed by atoms with E-state index in [1.165, 1.54) is 5.56 Å². The van der Waals surface area contributed by atoms with Crippen molar-refractivity contribution in [1.29, 1.82) is 0 Å². The Bertz CT molecular complexity index is 443.